The van der Waals surface area contributed by atoms with Crippen molar-refractivity contribution in [2.24, 2.45) is 0 Å². The van der Waals surface area contributed by atoms with Crippen LogP contribution >= 0.6 is 0 Å². The molecule has 0 aliphatic rings. The number of hydrogen-bond donors (Lipinski definition) is 2. The lowest BCUT2D eigenvalue weighted by atomic mass is 10.1. The van der Waals surface area contributed by atoms with Crippen LogP contribution in [0.2, 0.25) is 0 Å². The van der Waals surface area contributed by atoms with Gasteiger partial charge in [0.05, 0.1) is 11.0 Å². The van der Waals surface area contributed by atoms with Crippen molar-refractivity contribution >= 4 is 11.4 Å². The monoisotopic (exact) mass is 258 g/mol. The summed E-state index contributed by atoms with van der Waals surface area (Å²) in [6.07, 6.45) is 0. The molecule has 0 radical (unpaired) electrons. The van der Waals surface area contributed by atoms with Crippen LogP contribution in [0.1, 0.15) is 11.1 Å². The number of hydrogen-bond acceptors (Lipinski definition) is 4. The molecule has 0 bridgehead atoms. The molecule has 5 nitrogen and oxygen atoms in total. The summed E-state index contributed by atoms with van der Waals surface area (Å²) in [7, 11) is 0. The van der Waals surface area contributed by atoms with Crippen molar-refractivity contribution < 1.29 is 10.0 Å². The minimum Gasteiger partial charge on any atom is -0.508 e. The molecule has 98 valence electrons. The van der Waals surface area contributed by atoms with Crippen molar-refractivity contribution in [1.82, 2.24) is 0 Å². The number of nitro groups is 1. The number of phenols is 1. The van der Waals surface area contributed by atoms with Crippen molar-refractivity contribution in [2.45, 2.75) is 13.5 Å². The van der Waals surface area contributed by atoms with Gasteiger partial charge in [0.25, 0.3) is 5.69 Å². The third kappa shape index (κ3) is 3.22. The highest BCUT2D eigenvalue weighted by Crippen LogP contribution is 2.28. The molecule has 0 amide bonds. The van der Waals surface area contributed by atoms with Crippen molar-refractivity contribution in [3.63, 3.8) is 0 Å². The molecule has 19 heavy (non-hydrogen) atoms. The normalized spacial score (nSPS) is 10.2. The molecule has 0 saturated carbocycles. The second-order valence-corrected chi connectivity index (χ2v) is 4.30. The smallest absolute Gasteiger partial charge is 0.296 e. The highest BCUT2D eigenvalue weighted by Gasteiger charge is 2.14. The Morgan fingerprint density at radius 1 is 1.26 bits per heavy atom. The molecule has 0 aromatic heterocycles. The second kappa shape index (κ2) is 5.39. The zero-order valence-corrected chi connectivity index (χ0v) is 10.5. The van der Waals surface area contributed by atoms with Crippen LogP contribution in [0.25, 0.3) is 0 Å². The Morgan fingerprint density at radius 2 is 2.05 bits per heavy atom. The number of benzene rings is 2. The molecule has 0 atom stereocenters. The number of anilines is 1. The van der Waals surface area contributed by atoms with Gasteiger partial charge < -0.3 is 10.4 Å². The zero-order chi connectivity index (χ0) is 13.8. The minimum atomic E-state index is -0.516. The van der Waals surface area contributed by atoms with E-state index in [2.05, 4.69) is 5.32 Å². The number of nitrogens with one attached hydrogen (secondary N) is 1. The minimum absolute atomic E-state index is 0.118. The summed E-state index contributed by atoms with van der Waals surface area (Å²) in [5, 5.41) is 23.2. The Kier molecular flexibility index (Phi) is 3.66. The molecule has 2 N–H and O–H groups in total. The maximum absolute atomic E-state index is 10.9. The predicted molar refractivity (Wildman–Crippen MR) is 73.3 cm³/mol. The number of aryl methyl sites for hydroxylation is 1. The Morgan fingerprint density at radius 3 is 2.74 bits per heavy atom. The fourth-order valence-electron chi connectivity index (χ4n) is 1.84. The lowest BCUT2D eigenvalue weighted by Crippen LogP contribution is -2.02. The molecule has 0 aliphatic carbocycles. The van der Waals surface area contributed by atoms with Crippen LogP contribution in [0.4, 0.5) is 11.4 Å². The van der Waals surface area contributed by atoms with Gasteiger partial charge in [-0.15, -0.1) is 0 Å². The molecule has 0 fully saturated rings. The molecular formula is C14H14N2O3. The number of nitrogens with zero attached hydrogens (tertiary/aromatic N) is 1. The fourth-order valence-corrected chi connectivity index (χ4v) is 1.84. The molecule has 2 aromatic carbocycles. The lowest BCUT2D eigenvalue weighted by molar-refractivity contribution is -0.384. The van der Waals surface area contributed by atoms with Crippen LogP contribution in [0, 0.1) is 17.0 Å². The van der Waals surface area contributed by atoms with E-state index in [0.29, 0.717) is 12.2 Å². The Labute approximate surface area is 110 Å². The van der Waals surface area contributed by atoms with Gasteiger partial charge in [-0.2, -0.15) is 0 Å². The van der Waals surface area contributed by atoms with E-state index in [4.69, 9.17) is 0 Å². The van der Waals surface area contributed by atoms with Crippen molar-refractivity contribution in [3.05, 3.63) is 63.7 Å². The Bertz CT molecular complexity index is 611. The van der Waals surface area contributed by atoms with Gasteiger partial charge in [-0.25, -0.2) is 0 Å². The second-order valence-electron chi connectivity index (χ2n) is 4.30. The van der Waals surface area contributed by atoms with Crippen molar-refractivity contribution in [2.75, 3.05) is 5.32 Å². The Hall–Kier alpha value is -2.56. The maximum Gasteiger partial charge on any atom is 0.296 e. The van der Waals surface area contributed by atoms with E-state index in [1.807, 2.05) is 31.2 Å². The topological polar surface area (TPSA) is 75.4 Å². The van der Waals surface area contributed by atoms with Crippen molar-refractivity contribution in [1.29, 1.82) is 0 Å². The first-order valence-corrected chi connectivity index (χ1v) is 5.83. The summed E-state index contributed by atoms with van der Waals surface area (Å²) in [4.78, 5) is 10.4. The molecule has 0 saturated heterocycles. The highest BCUT2D eigenvalue weighted by atomic mass is 16.6. The number of aromatic hydroxyl groups is 1. The number of rotatable bonds is 4. The molecule has 0 aliphatic heterocycles. The first kappa shape index (κ1) is 12.9. The molecule has 0 unspecified atom stereocenters. The number of phenolic OH excluding ortho intramolecular Hbond substituents is 1. The summed E-state index contributed by atoms with van der Waals surface area (Å²) in [6, 6.07) is 12.0. The third-order valence-corrected chi connectivity index (χ3v) is 2.74. The third-order valence-electron chi connectivity index (χ3n) is 2.74. The Balaban J connectivity index is 2.17. The van der Waals surface area contributed by atoms with Crippen LogP contribution in [0.3, 0.4) is 0 Å². The summed E-state index contributed by atoms with van der Waals surface area (Å²) in [6.45, 7) is 2.49. The molecule has 0 heterocycles. The molecule has 5 heteroatoms. The summed E-state index contributed by atoms with van der Waals surface area (Å²) < 4.78 is 0. The van der Waals surface area contributed by atoms with Crippen LogP contribution in [-0.4, -0.2) is 10.0 Å². The van der Waals surface area contributed by atoms with Gasteiger partial charge in [-0.3, -0.25) is 10.1 Å². The van der Waals surface area contributed by atoms with Gasteiger partial charge in [0.15, 0.2) is 0 Å². The maximum atomic E-state index is 10.9. The van der Waals surface area contributed by atoms with Gasteiger partial charge in [0.1, 0.15) is 11.4 Å². The van der Waals surface area contributed by atoms with Gasteiger partial charge in [0.2, 0.25) is 0 Å². The van der Waals surface area contributed by atoms with Crippen LogP contribution < -0.4 is 5.32 Å². The van der Waals surface area contributed by atoms with Crippen molar-refractivity contribution in [3.8, 4) is 5.75 Å². The van der Waals surface area contributed by atoms with Gasteiger partial charge in [-0.05, 0) is 24.6 Å². The van der Waals surface area contributed by atoms with E-state index in [0.717, 1.165) is 17.2 Å². The lowest BCUT2D eigenvalue weighted by Gasteiger charge is -2.08. The predicted octanol–water partition coefficient (Wildman–Crippen LogP) is 3.22. The van der Waals surface area contributed by atoms with Crippen LogP contribution in [-0.2, 0) is 6.54 Å². The highest BCUT2D eigenvalue weighted by molar-refractivity contribution is 5.63. The quantitative estimate of drug-likeness (QED) is 0.501. The summed E-state index contributed by atoms with van der Waals surface area (Å²) in [5.74, 6) is -0.118. The average molecular weight is 258 g/mol. The van der Waals surface area contributed by atoms with Crippen LogP contribution in [0.5, 0.6) is 5.75 Å². The molecule has 2 aromatic rings. The van der Waals surface area contributed by atoms with Gasteiger partial charge >= 0.3 is 0 Å². The van der Waals surface area contributed by atoms with E-state index in [1.165, 1.54) is 12.1 Å². The summed E-state index contributed by atoms with van der Waals surface area (Å²) >= 11 is 0. The molecule has 2 rings (SSSR count). The van der Waals surface area contributed by atoms with E-state index in [-0.39, 0.29) is 11.4 Å². The largest absolute Gasteiger partial charge is 0.508 e. The molecule has 0 spiro atoms. The van der Waals surface area contributed by atoms with E-state index in [1.54, 1.807) is 0 Å². The first-order valence-electron chi connectivity index (χ1n) is 5.83. The van der Waals surface area contributed by atoms with Crippen LogP contribution in [0.15, 0.2) is 42.5 Å². The number of nitro benzene ring substituents is 1. The first-order chi connectivity index (χ1) is 9.06. The van der Waals surface area contributed by atoms with E-state index < -0.39 is 4.92 Å². The van der Waals surface area contributed by atoms with E-state index in [9.17, 15) is 15.2 Å². The SMILES string of the molecule is Cc1cccc(CNc2ccc(O)cc2[N+](=O)[O-])c1. The van der Waals surface area contributed by atoms with Gasteiger partial charge in [0, 0.05) is 6.54 Å². The van der Waals surface area contributed by atoms with E-state index >= 15 is 0 Å². The summed E-state index contributed by atoms with van der Waals surface area (Å²) in [5.41, 5.74) is 2.44. The average Bonchev–Trinajstić information content (AvgIpc) is 2.37. The zero-order valence-electron chi connectivity index (χ0n) is 10.5. The van der Waals surface area contributed by atoms with Gasteiger partial charge in [-0.1, -0.05) is 29.8 Å². The standard InChI is InChI=1S/C14H14N2O3/c1-10-3-2-4-11(7-10)9-15-13-6-5-12(17)8-14(13)16(18)19/h2-8,15,17H,9H2,1H3. The fraction of sp³-hybridized carbons (Fsp3) is 0.143. The molecular weight excluding hydrogens is 244 g/mol.